The molecule has 0 aliphatic carbocycles. The molecule has 90 valence electrons. The number of aromatic nitrogens is 1. The molecule has 0 saturated carbocycles. The van der Waals surface area contributed by atoms with Crippen molar-refractivity contribution in [1.82, 2.24) is 4.98 Å². The van der Waals surface area contributed by atoms with Gasteiger partial charge in [0.1, 0.15) is 5.15 Å². The molecule has 0 amide bonds. The summed E-state index contributed by atoms with van der Waals surface area (Å²) in [5.41, 5.74) is -0.982. The van der Waals surface area contributed by atoms with Gasteiger partial charge in [-0.25, -0.2) is 13.8 Å². The summed E-state index contributed by atoms with van der Waals surface area (Å²) in [6.07, 6.45) is -8.24. The quantitative estimate of drug-likeness (QED) is 0.596. The lowest BCUT2D eigenvalue weighted by Gasteiger charge is -2.14. The van der Waals surface area contributed by atoms with Crippen LogP contribution in [0.2, 0.25) is 5.15 Å². The molecule has 0 unspecified atom stereocenters. The molecule has 0 atom stereocenters. The smallest absolute Gasteiger partial charge is 0.402 e. The molecule has 0 radical (unpaired) electrons. The van der Waals surface area contributed by atoms with Gasteiger partial charge in [-0.05, 0) is 22.0 Å². The van der Waals surface area contributed by atoms with Crippen molar-refractivity contribution in [2.24, 2.45) is 0 Å². The third-order valence-electron chi connectivity index (χ3n) is 1.38. The van der Waals surface area contributed by atoms with E-state index >= 15 is 0 Å². The summed E-state index contributed by atoms with van der Waals surface area (Å²) >= 11 is 7.89. The second-order valence-corrected chi connectivity index (χ2v) is 3.64. The molecule has 0 N–H and O–H groups in total. The summed E-state index contributed by atoms with van der Waals surface area (Å²) in [5, 5.41) is -0.364. The van der Waals surface area contributed by atoms with Crippen molar-refractivity contribution in [3.63, 3.8) is 0 Å². The molecule has 0 saturated heterocycles. The molecule has 9 heteroatoms. The van der Waals surface area contributed by atoms with Gasteiger partial charge in [-0.2, -0.15) is 0 Å². The number of ether oxygens (including phenoxy) is 1. The van der Waals surface area contributed by atoms with Gasteiger partial charge in [0.2, 0.25) is 0 Å². The number of pyridine rings is 1. The maximum atomic E-state index is 12.4. The molecular formula is C7H2BrClF5NO. The minimum atomic E-state index is -5.08. The minimum Gasteiger partial charge on any atom is -0.402 e. The van der Waals surface area contributed by atoms with E-state index in [9.17, 15) is 22.0 Å². The molecule has 0 spiro atoms. The van der Waals surface area contributed by atoms with Gasteiger partial charge in [0.15, 0.2) is 10.4 Å². The fraction of sp³-hybridized carbons (Fsp3) is 0.286. The third kappa shape index (κ3) is 3.44. The molecule has 1 aromatic heterocycles. The van der Waals surface area contributed by atoms with E-state index in [4.69, 9.17) is 11.6 Å². The molecule has 1 heterocycles. The second-order valence-electron chi connectivity index (χ2n) is 2.50. The van der Waals surface area contributed by atoms with Crippen LogP contribution in [0.25, 0.3) is 0 Å². The maximum Gasteiger partial charge on any atom is 0.573 e. The average molecular weight is 326 g/mol. The number of nitrogens with zero attached hydrogens (tertiary/aromatic N) is 1. The Kier molecular flexibility index (Phi) is 3.95. The van der Waals surface area contributed by atoms with Crippen molar-refractivity contribution in [1.29, 1.82) is 0 Å². The molecule has 1 rings (SSSR count). The predicted molar refractivity (Wildman–Crippen MR) is 48.6 cm³/mol. The number of alkyl halides is 5. The van der Waals surface area contributed by atoms with Gasteiger partial charge in [0.05, 0.1) is 5.56 Å². The van der Waals surface area contributed by atoms with E-state index in [0.29, 0.717) is 6.07 Å². The number of halogens is 7. The third-order valence-corrected chi connectivity index (χ3v) is 2.11. The van der Waals surface area contributed by atoms with Crippen molar-refractivity contribution in [2.45, 2.75) is 12.8 Å². The lowest BCUT2D eigenvalue weighted by molar-refractivity contribution is -0.275. The first-order chi connectivity index (χ1) is 7.20. The maximum absolute atomic E-state index is 12.4. The highest BCUT2D eigenvalue weighted by molar-refractivity contribution is 9.10. The summed E-state index contributed by atoms with van der Waals surface area (Å²) in [4.78, 5) is 3.32. The van der Waals surface area contributed by atoms with Crippen molar-refractivity contribution in [2.75, 3.05) is 0 Å². The lowest BCUT2D eigenvalue weighted by Crippen LogP contribution is -2.19. The Morgan fingerprint density at radius 1 is 1.38 bits per heavy atom. The van der Waals surface area contributed by atoms with Crippen LogP contribution in [0, 0.1) is 0 Å². The summed E-state index contributed by atoms with van der Waals surface area (Å²) in [5.74, 6) is -1.09. The van der Waals surface area contributed by atoms with Crippen LogP contribution in [-0.2, 0) is 0 Å². The highest BCUT2D eigenvalue weighted by Crippen LogP contribution is 2.38. The van der Waals surface area contributed by atoms with E-state index in [1.54, 1.807) is 0 Å². The minimum absolute atomic E-state index is 0.364. The van der Waals surface area contributed by atoms with Crippen molar-refractivity contribution in [3.05, 3.63) is 21.4 Å². The number of hydrogen-bond donors (Lipinski definition) is 0. The Morgan fingerprint density at radius 3 is 2.38 bits per heavy atom. The largest absolute Gasteiger partial charge is 0.573 e. The molecule has 0 fully saturated rings. The Hall–Kier alpha value is -0.630. The zero-order valence-electron chi connectivity index (χ0n) is 7.16. The number of rotatable bonds is 2. The van der Waals surface area contributed by atoms with Crippen LogP contribution in [0.3, 0.4) is 0 Å². The monoisotopic (exact) mass is 325 g/mol. The summed E-state index contributed by atoms with van der Waals surface area (Å²) < 4.78 is 63.5. The van der Waals surface area contributed by atoms with Gasteiger partial charge in [0, 0.05) is 0 Å². The highest BCUT2D eigenvalue weighted by Gasteiger charge is 2.35. The van der Waals surface area contributed by atoms with E-state index in [-0.39, 0.29) is 5.15 Å². The summed E-state index contributed by atoms with van der Waals surface area (Å²) in [7, 11) is 0. The topological polar surface area (TPSA) is 22.1 Å². The van der Waals surface area contributed by atoms with Crippen molar-refractivity contribution in [3.8, 4) is 5.75 Å². The standard InChI is InChI=1S/C7H2BrClF5NO/c8-5-4(16-7(12,13)14)2(6(10)11)1-3(9)15-5/h1,6H. The first-order valence-corrected chi connectivity index (χ1v) is 4.77. The normalized spacial score (nSPS) is 12.0. The fourth-order valence-corrected chi connectivity index (χ4v) is 1.67. The molecule has 0 aliphatic heterocycles. The average Bonchev–Trinajstić information content (AvgIpc) is 2.07. The van der Waals surface area contributed by atoms with Crippen LogP contribution in [0.4, 0.5) is 22.0 Å². The first-order valence-electron chi connectivity index (χ1n) is 3.60. The predicted octanol–water partition coefficient (Wildman–Crippen LogP) is 4.33. The highest BCUT2D eigenvalue weighted by atomic mass is 79.9. The van der Waals surface area contributed by atoms with Crippen molar-refractivity contribution >= 4 is 27.5 Å². The van der Waals surface area contributed by atoms with Crippen LogP contribution in [0.5, 0.6) is 5.75 Å². The lowest BCUT2D eigenvalue weighted by atomic mass is 10.2. The molecule has 16 heavy (non-hydrogen) atoms. The first kappa shape index (κ1) is 13.4. The molecule has 0 bridgehead atoms. The zero-order valence-corrected chi connectivity index (χ0v) is 9.50. The van der Waals surface area contributed by atoms with E-state index in [2.05, 4.69) is 25.7 Å². The Balaban J connectivity index is 3.25. The molecular weight excluding hydrogens is 324 g/mol. The van der Waals surface area contributed by atoms with E-state index in [1.165, 1.54) is 0 Å². The van der Waals surface area contributed by atoms with Gasteiger partial charge in [0.25, 0.3) is 6.43 Å². The molecule has 2 nitrogen and oxygen atoms in total. The van der Waals surface area contributed by atoms with Crippen LogP contribution in [0.1, 0.15) is 12.0 Å². The van der Waals surface area contributed by atoms with E-state index < -0.39 is 28.7 Å². The Labute approximate surface area is 99.5 Å². The SMILES string of the molecule is FC(F)c1cc(Cl)nc(Br)c1OC(F)(F)F. The zero-order chi connectivity index (χ0) is 12.5. The van der Waals surface area contributed by atoms with Gasteiger partial charge in [-0.3, -0.25) is 0 Å². The van der Waals surface area contributed by atoms with Crippen LogP contribution >= 0.6 is 27.5 Å². The Morgan fingerprint density at radius 2 is 1.94 bits per heavy atom. The van der Waals surface area contributed by atoms with E-state index in [1.807, 2.05) is 0 Å². The molecule has 0 aliphatic rings. The van der Waals surface area contributed by atoms with Gasteiger partial charge in [-0.1, -0.05) is 11.6 Å². The van der Waals surface area contributed by atoms with Gasteiger partial charge in [-0.15, -0.1) is 13.2 Å². The fourth-order valence-electron chi connectivity index (χ4n) is 0.869. The van der Waals surface area contributed by atoms with Crippen LogP contribution < -0.4 is 4.74 Å². The molecule has 0 aromatic carbocycles. The summed E-state index contributed by atoms with van der Waals surface area (Å²) in [6.45, 7) is 0. The Bertz CT molecular complexity index is 397. The number of hydrogen-bond acceptors (Lipinski definition) is 2. The van der Waals surface area contributed by atoms with E-state index in [0.717, 1.165) is 0 Å². The van der Waals surface area contributed by atoms with Gasteiger partial charge < -0.3 is 4.74 Å². The molecule has 1 aromatic rings. The van der Waals surface area contributed by atoms with Crippen LogP contribution in [-0.4, -0.2) is 11.3 Å². The second kappa shape index (κ2) is 4.70. The van der Waals surface area contributed by atoms with Gasteiger partial charge >= 0.3 is 6.36 Å². The van der Waals surface area contributed by atoms with Crippen molar-refractivity contribution < 1.29 is 26.7 Å². The summed E-state index contributed by atoms with van der Waals surface area (Å²) in [6, 6.07) is 0.609. The van der Waals surface area contributed by atoms with Crippen LogP contribution in [0.15, 0.2) is 10.7 Å².